The van der Waals surface area contributed by atoms with Crippen molar-refractivity contribution < 1.29 is 28.8 Å². The summed E-state index contributed by atoms with van der Waals surface area (Å²) in [5.74, 6) is 2.28. The van der Waals surface area contributed by atoms with E-state index in [0.29, 0.717) is 6.42 Å². The van der Waals surface area contributed by atoms with Gasteiger partial charge in [0.15, 0.2) is 0 Å². The van der Waals surface area contributed by atoms with Gasteiger partial charge in [-0.3, -0.25) is 45.0 Å². The van der Waals surface area contributed by atoms with Crippen LogP contribution in [0.4, 0.5) is 0 Å². The quantitative estimate of drug-likeness (QED) is 0.155. The lowest BCUT2D eigenvalue weighted by Gasteiger charge is -2.05. The third kappa shape index (κ3) is 15.5. The molecule has 0 heterocycles. The molecule has 2 rings (SSSR count). The highest BCUT2D eigenvalue weighted by atomic mass is 35.5. The Bertz CT molecular complexity index is 940. The minimum absolute atomic E-state index is 0.152. The van der Waals surface area contributed by atoms with Crippen molar-refractivity contribution in [2.75, 3.05) is 0 Å². The van der Waals surface area contributed by atoms with E-state index in [1.807, 2.05) is 54.0 Å². The molecule has 0 fully saturated rings. The maximum absolute atomic E-state index is 11.3. The van der Waals surface area contributed by atoms with Crippen molar-refractivity contribution in [2.45, 2.75) is 26.7 Å². The predicted molar refractivity (Wildman–Crippen MR) is 121 cm³/mol. The zero-order valence-corrected chi connectivity index (χ0v) is 18.8. The Morgan fingerprint density at radius 1 is 0.697 bits per heavy atom. The van der Waals surface area contributed by atoms with Gasteiger partial charge in [0.25, 0.3) is 5.24 Å². The topological polar surface area (TPSA) is 165 Å². The van der Waals surface area contributed by atoms with Crippen LogP contribution in [0, 0.1) is 0 Å². The molecule has 0 aliphatic carbocycles. The second kappa shape index (κ2) is 16.8. The third-order valence-electron chi connectivity index (χ3n) is 3.49. The molecule has 33 heavy (non-hydrogen) atoms. The van der Waals surface area contributed by atoms with Crippen molar-refractivity contribution in [3.8, 4) is 0 Å². The number of ketones is 2. The Balaban J connectivity index is 0.000000520. The molecule has 10 nitrogen and oxygen atoms in total. The van der Waals surface area contributed by atoms with Crippen molar-refractivity contribution in [3.05, 3.63) is 71.8 Å². The number of amides is 3. The van der Waals surface area contributed by atoms with Crippen LogP contribution < -0.4 is 22.1 Å². The first-order valence-corrected chi connectivity index (χ1v) is 9.82. The first kappa shape index (κ1) is 29.1. The summed E-state index contributed by atoms with van der Waals surface area (Å²) >= 11 is 4.62. The maximum Gasteiger partial charge on any atom is 0.305 e. The molecule has 0 unspecified atom stereocenters. The highest BCUT2D eigenvalue weighted by Crippen LogP contribution is 1.99. The van der Waals surface area contributed by atoms with Gasteiger partial charge in [-0.2, -0.15) is 0 Å². The first-order valence-electron chi connectivity index (χ1n) is 9.44. The lowest BCUT2D eigenvalue weighted by atomic mass is 10.1. The van der Waals surface area contributed by atoms with Crippen LogP contribution in [0.5, 0.6) is 0 Å². The van der Waals surface area contributed by atoms with Crippen LogP contribution in [0.15, 0.2) is 60.7 Å². The monoisotopic (exact) mass is 476 g/mol. The number of Topliss-reactive ketones (excluding diaryl/α,β-unsaturated/α-hetero) is 2. The van der Waals surface area contributed by atoms with Crippen LogP contribution in [0.1, 0.15) is 25.0 Å². The minimum Gasteiger partial charge on any atom is -0.294 e. The van der Waals surface area contributed by atoms with Gasteiger partial charge < -0.3 is 0 Å². The largest absolute Gasteiger partial charge is 0.305 e. The number of carbonyl (C=O) groups is 6. The molecule has 0 aliphatic rings. The summed E-state index contributed by atoms with van der Waals surface area (Å²) in [5, 5.41) is -0.907. The van der Waals surface area contributed by atoms with Gasteiger partial charge >= 0.3 is 5.91 Å². The number of nitrogens with two attached hydrogens (primary N) is 1. The van der Waals surface area contributed by atoms with E-state index in [2.05, 4.69) is 22.5 Å². The number of rotatable bonds is 6. The molecule has 0 bridgehead atoms. The van der Waals surface area contributed by atoms with E-state index < -0.39 is 22.7 Å². The lowest BCUT2D eigenvalue weighted by molar-refractivity contribution is -0.138. The Morgan fingerprint density at radius 3 is 1.42 bits per heavy atom. The Morgan fingerprint density at radius 2 is 1.09 bits per heavy atom. The predicted octanol–water partition coefficient (Wildman–Crippen LogP) is 0.525. The van der Waals surface area contributed by atoms with Gasteiger partial charge in [0.2, 0.25) is 23.4 Å². The number of nitrogens with one attached hydrogen (secondary N) is 3. The van der Waals surface area contributed by atoms with Crippen LogP contribution in [0.25, 0.3) is 0 Å². The fourth-order valence-electron chi connectivity index (χ4n) is 1.87. The molecule has 0 spiro atoms. The molecular formula is C22H25ClN4O6. The Labute approximate surface area is 195 Å². The van der Waals surface area contributed by atoms with Crippen LogP contribution in [0.2, 0.25) is 0 Å². The summed E-state index contributed by atoms with van der Waals surface area (Å²) in [5.41, 5.74) is 8.04. The van der Waals surface area contributed by atoms with E-state index in [-0.39, 0.29) is 18.2 Å². The summed E-state index contributed by atoms with van der Waals surface area (Å²) in [4.78, 5) is 62.6. The van der Waals surface area contributed by atoms with Gasteiger partial charge in [0.05, 0.1) is 12.8 Å². The van der Waals surface area contributed by atoms with Crippen LogP contribution in [-0.2, 0) is 41.6 Å². The average molecular weight is 477 g/mol. The molecule has 0 aliphatic heterocycles. The van der Waals surface area contributed by atoms with E-state index in [1.54, 1.807) is 12.1 Å². The second-order valence-electron chi connectivity index (χ2n) is 6.28. The lowest BCUT2D eigenvalue weighted by Crippen LogP contribution is -2.44. The van der Waals surface area contributed by atoms with Crippen molar-refractivity contribution in [1.82, 2.24) is 16.3 Å². The molecule has 5 N–H and O–H groups in total. The molecule has 0 aromatic heterocycles. The molecule has 176 valence electrons. The zero-order chi connectivity index (χ0) is 25.2. The van der Waals surface area contributed by atoms with E-state index in [0.717, 1.165) is 25.0 Å². The van der Waals surface area contributed by atoms with Crippen molar-refractivity contribution in [1.29, 1.82) is 0 Å². The summed E-state index contributed by atoms with van der Waals surface area (Å²) in [7, 11) is 0. The first-order chi connectivity index (χ1) is 15.6. The van der Waals surface area contributed by atoms with E-state index in [4.69, 9.17) is 5.84 Å². The molecule has 11 heteroatoms. The minimum atomic E-state index is -0.907. The maximum atomic E-state index is 11.3. The normalized spacial score (nSPS) is 8.97. The van der Waals surface area contributed by atoms with E-state index >= 15 is 0 Å². The summed E-state index contributed by atoms with van der Waals surface area (Å²) in [6.07, 6.45) is 0.496. The molecular weight excluding hydrogens is 452 g/mol. The van der Waals surface area contributed by atoms with Gasteiger partial charge in [-0.05, 0) is 22.7 Å². The zero-order valence-electron chi connectivity index (χ0n) is 18.1. The summed E-state index contributed by atoms with van der Waals surface area (Å²) in [6.45, 7) is 2.24. The standard InChI is InChI=1S/C11H12N2O3.C8H10N2O.C3H3ClO2/c1-8(14)11(16)13-12-10(15)7-9-5-3-2-4-6-9;9-10-8(11)6-7-4-2-1-3-5-7;1-2(5)3(4)6/h2-6H,7H2,1H3,(H,12,15)(H,13,16);1-5H,6,9H2,(H,10,11);1H3. The van der Waals surface area contributed by atoms with Gasteiger partial charge in [0, 0.05) is 13.8 Å². The molecule has 3 amide bonds. The van der Waals surface area contributed by atoms with Gasteiger partial charge in [-0.1, -0.05) is 60.7 Å². The highest BCUT2D eigenvalue weighted by Gasteiger charge is 2.08. The Hall–Kier alpha value is -3.89. The van der Waals surface area contributed by atoms with Crippen molar-refractivity contribution in [2.24, 2.45) is 5.84 Å². The Kier molecular flexibility index (Phi) is 14.8. The third-order valence-corrected chi connectivity index (χ3v) is 3.75. The molecule has 0 saturated carbocycles. The summed E-state index contributed by atoms with van der Waals surface area (Å²) < 4.78 is 0. The molecule has 2 aromatic rings. The van der Waals surface area contributed by atoms with Gasteiger partial charge in [-0.15, -0.1) is 0 Å². The van der Waals surface area contributed by atoms with E-state index in [9.17, 15) is 28.8 Å². The molecule has 0 atom stereocenters. The molecule has 0 saturated heterocycles. The number of hydrogen-bond acceptors (Lipinski definition) is 7. The average Bonchev–Trinajstić information content (AvgIpc) is 2.79. The fraction of sp³-hybridized carbons (Fsp3) is 0.182. The second-order valence-corrected chi connectivity index (χ2v) is 6.62. The SMILES string of the molecule is CC(=O)C(=O)Cl.CC(=O)C(=O)NNC(=O)Cc1ccccc1.NNC(=O)Cc1ccccc1. The van der Waals surface area contributed by atoms with Crippen molar-refractivity contribution >= 4 is 46.1 Å². The molecule has 0 radical (unpaired) electrons. The van der Waals surface area contributed by atoms with Crippen LogP contribution >= 0.6 is 11.6 Å². The number of benzene rings is 2. The number of hydrazine groups is 2. The van der Waals surface area contributed by atoms with Crippen LogP contribution in [0.3, 0.4) is 0 Å². The van der Waals surface area contributed by atoms with E-state index in [1.165, 1.54) is 0 Å². The highest BCUT2D eigenvalue weighted by molar-refractivity contribution is 6.80. The van der Waals surface area contributed by atoms with Crippen molar-refractivity contribution in [3.63, 3.8) is 0 Å². The van der Waals surface area contributed by atoms with Gasteiger partial charge in [0.1, 0.15) is 0 Å². The smallest absolute Gasteiger partial charge is 0.294 e. The van der Waals surface area contributed by atoms with Crippen LogP contribution in [-0.4, -0.2) is 34.5 Å². The van der Waals surface area contributed by atoms with Gasteiger partial charge in [-0.25, -0.2) is 5.84 Å². The molecule has 2 aromatic carbocycles. The fourth-order valence-corrected chi connectivity index (χ4v) is 1.87. The number of hydrogen-bond donors (Lipinski definition) is 4. The number of halogens is 1. The summed E-state index contributed by atoms with van der Waals surface area (Å²) in [6, 6.07) is 18.5. The number of carbonyl (C=O) groups excluding carboxylic acids is 6.